The van der Waals surface area contributed by atoms with E-state index in [4.69, 9.17) is 9.68 Å². The Morgan fingerprint density at radius 1 is 1.50 bits per heavy atom. The first kappa shape index (κ1) is 8.76. The van der Waals surface area contributed by atoms with Gasteiger partial charge in [0, 0.05) is 23.3 Å². The Bertz CT molecular complexity index is 505. The van der Waals surface area contributed by atoms with E-state index in [9.17, 15) is 0 Å². The van der Waals surface area contributed by atoms with Gasteiger partial charge in [0.15, 0.2) is 0 Å². The van der Waals surface area contributed by atoms with Crippen LogP contribution in [0.1, 0.15) is 19.4 Å². The van der Waals surface area contributed by atoms with Gasteiger partial charge in [0.25, 0.3) is 0 Å². The Hall–Kier alpha value is -1.82. The topological polar surface area (TPSA) is 49.8 Å². The second-order valence-electron chi connectivity index (χ2n) is 3.76. The third-order valence-electron chi connectivity index (χ3n) is 2.33. The molecule has 14 heavy (non-hydrogen) atoms. The van der Waals surface area contributed by atoms with Gasteiger partial charge in [-0.2, -0.15) is 5.26 Å². The molecule has 70 valence electrons. The van der Waals surface area contributed by atoms with E-state index in [-0.39, 0.29) is 0 Å². The van der Waals surface area contributed by atoms with E-state index in [1.54, 1.807) is 24.7 Å². The van der Waals surface area contributed by atoms with E-state index in [1.807, 2.05) is 13.8 Å². The molecule has 0 aliphatic rings. The lowest BCUT2D eigenvalue weighted by Crippen LogP contribution is -2.12. The van der Waals surface area contributed by atoms with E-state index in [2.05, 4.69) is 11.1 Å². The molecule has 2 aromatic rings. The van der Waals surface area contributed by atoms with Crippen LogP contribution >= 0.6 is 0 Å². The molecule has 0 saturated carbocycles. The summed E-state index contributed by atoms with van der Waals surface area (Å²) in [5, 5.41) is 9.93. The average Bonchev–Trinajstić information content (AvgIpc) is 2.61. The monoisotopic (exact) mass is 186 g/mol. The van der Waals surface area contributed by atoms with E-state index in [1.165, 1.54) is 0 Å². The average molecular weight is 186 g/mol. The summed E-state index contributed by atoms with van der Waals surface area (Å²) in [6.07, 6.45) is 5.04. The minimum absolute atomic E-state index is 0.533. The van der Waals surface area contributed by atoms with Gasteiger partial charge in [-0.15, -0.1) is 0 Å². The van der Waals surface area contributed by atoms with Gasteiger partial charge in [-0.05, 0) is 19.9 Å². The summed E-state index contributed by atoms with van der Waals surface area (Å²) in [6.45, 7) is 3.73. The number of nitriles is 1. The maximum absolute atomic E-state index is 9.01. The molecule has 0 amide bonds. The molecule has 0 saturated heterocycles. The van der Waals surface area contributed by atoms with Crippen LogP contribution in [0, 0.1) is 11.3 Å². The molecule has 0 aromatic carbocycles. The summed E-state index contributed by atoms with van der Waals surface area (Å²) >= 11 is 0. The van der Waals surface area contributed by atoms with Gasteiger partial charge in [0.05, 0.1) is 17.7 Å². The molecule has 0 aliphatic heterocycles. The molecule has 2 heterocycles. The van der Waals surface area contributed by atoms with Crippen LogP contribution in [0.25, 0.3) is 11.0 Å². The van der Waals surface area contributed by atoms with Crippen LogP contribution in [0.15, 0.2) is 29.1 Å². The van der Waals surface area contributed by atoms with Crippen LogP contribution in [-0.4, -0.2) is 4.98 Å². The third-order valence-corrected chi connectivity index (χ3v) is 2.33. The van der Waals surface area contributed by atoms with Crippen LogP contribution in [0.3, 0.4) is 0 Å². The Labute approximate surface area is 82.0 Å². The second kappa shape index (κ2) is 2.85. The van der Waals surface area contributed by atoms with Crippen molar-refractivity contribution in [3.63, 3.8) is 0 Å². The standard InChI is InChI=1S/C11H10N2O/c1-11(2,7-12)9-6-14-10-3-4-13-5-8(9)10/h3-6H,1-2H3. The van der Waals surface area contributed by atoms with Gasteiger partial charge in [-0.3, -0.25) is 4.98 Å². The Kier molecular flexibility index (Phi) is 1.78. The molecule has 3 nitrogen and oxygen atoms in total. The summed E-state index contributed by atoms with van der Waals surface area (Å²) in [4.78, 5) is 4.02. The van der Waals surface area contributed by atoms with Crippen molar-refractivity contribution in [2.24, 2.45) is 0 Å². The molecule has 0 atom stereocenters. The lowest BCUT2D eigenvalue weighted by molar-refractivity contribution is 0.591. The van der Waals surface area contributed by atoms with E-state index in [0.29, 0.717) is 0 Å². The Morgan fingerprint density at radius 3 is 3.00 bits per heavy atom. The molecule has 2 rings (SSSR count). The van der Waals surface area contributed by atoms with Crippen LogP contribution in [-0.2, 0) is 5.41 Å². The first-order valence-corrected chi connectivity index (χ1v) is 4.38. The maximum Gasteiger partial charge on any atom is 0.137 e. The molecule has 0 spiro atoms. The van der Waals surface area contributed by atoms with Gasteiger partial charge in [0.1, 0.15) is 5.58 Å². The quantitative estimate of drug-likeness (QED) is 0.687. The number of hydrogen-bond acceptors (Lipinski definition) is 3. The van der Waals surface area contributed by atoms with Gasteiger partial charge in [-0.1, -0.05) is 0 Å². The van der Waals surface area contributed by atoms with Crippen molar-refractivity contribution in [3.8, 4) is 6.07 Å². The molecule has 0 N–H and O–H groups in total. The van der Waals surface area contributed by atoms with Crippen molar-refractivity contribution in [1.29, 1.82) is 5.26 Å². The van der Waals surface area contributed by atoms with Crippen molar-refractivity contribution in [2.75, 3.05) is 0 Å². The fourth-order valence-electron chi connectivity index (χ4n) is 1.42. The van der Waals surface area contributed by atoms with Gasteiger partial charge >= 0.3 is 0 Å². The highest BCUT2D eigenvalue weighted by molar-refractivity contribution is 5.81. The number of pyridine rings is 1. The summed E-state index contributed by atoms with van der Waals surface area (Å²) in [7, 11) is 0. The minimum atomic E-state index is -0.533. The number of aromatic nitrogens is 1. The zero-order valence-corrected chi connectivity index (χ0v) is 8.11. The first-order valence-electron chi connectivity index (χ1n) is 4.38. The molecular weight excluding hydrogens is 176 g/mol. The number of furan rings is 1. The number of fused-ring (bicyclic) bond motifs is 1. The summed E-state index contributed by atoms with van der Waals surface area (Å²) in [5.41, 5.74) is 1.13. The van der Waals surface area contributed by atoms with Crippen LogP contribution in [0.5, 0.6) is 0 Å². The van der Waals surface area contributed by atoms with E-state index >= 15 is 0 Å². The largest absolute Gasteiger partial charge is 0.464 e. The van der Waals surface area contributed by atoms with Gasteiger partial charge in [0.2, 0.25) is 0 Å². The molecule has 0 radical (unpaired) electrons. The van der Waals surface area contributed by atoms with Crippen molar-refractivity contribution in [2.45, 2.75) is 19.3 Å². The number of nitrogens with zero attached hydrogens (tertiary/aromatic N) is 2. The number of hydrogen-bond donors (Lipinski definition) is 0. The Morgan fingerprint density at radius 2 is 2.29 bits per heavy atom. The Balaban J connectivity index is 2.72. The number of rotatable bonds is 1. The minimum Gasteiger partial charge on any atom is -0.464 e. The molecule has 0 aliphatic carbocycles. The lowest BCUT2D eigenvalue weighted by atomic mass is 9.87. The maximum atomic E-state index is 9.01. The predicted octanol–water partition coefficient (Wildman–Crippen LogP) is 2.63. The van der Waals surface area contributed by atoms with Crippen LogP contribution in [0.2, 0.25) is 0 Å². The second-order valence-corrected chi connectivity index (χ2v) is 3.76. The smallest absolute Gasteiger partial charge is 0.137 e. The highest BCUT2D eigenvalue weighted by atomic mass is 16.3. The van der Waals surface area contributed by atoms with E-state index < -0.39 is 5.41 Å². The van der Waals surface area contributed by atoms with Gasteiger partial charge in [-0.25, -0.2) is 0 Å². The molecule has 3 heteroatoms. The SMILES string of the molecule is CC(C)(C#N)c1coc2ccncc12. The third kappa shape index (κ3) is 1.16. The van der Waals surface area contributed by atoms with Crippen LogP contribution in [0.4, 0.5) is 0 Å². The molecule has 0 unspecified atom stereocenters. The highest BCUT2D eigenvalue weighted by Gasteiger charge is 2.24. The normalized spacial score (nSPS) is 11.5. The molecule has 0 fully saturated rings. The summed E-state index contributed by atoms with van der Waals surface area (Å²) < 4.78 is 5.35. The van der Waals surface area contributed by atoms with Crippen molar-refractivity contribution in [1.82, 2.24) is 4.98 Å². The zero-order chi connectivity index (χ0) is 10.2. The van der Waals surface area contributed by atoms with Gasteiger partial charge < -0.3 is 4.42 Å². The van der Waals surface area contributed by atoms with Crippen molar-refractivity contribution in [3.05, 3.63) is 30.3 Å². The summed E-state index contributed by atoms with van der Waals surface area (Å²) in [6, 6.07) is 4.05. The fourth-order valence-corrected chi connectivity index (χ4v) is 1.42. The van der Waals surface area contributed by atoms with Crippen molar-refractivity contribution >= 4 is 11.0 Å². The predicted molar refractivity (Wildman–Crippen MR) is 52.6 cm³/mol. The van der Waals surface area contributed by atoms with Crippen molar-refractivity contribution < 1.29 is 4.42 Å². The van der Waals surface area contributed by atoms with Crippen LogP contribution < -0.4 is 0 Å². The zero-order valence-electron chi connectivity index (χ0n) is 8.11. The first-order chi connectivity index (χ1) is 6.65. The summed E-state index contributed by atoms with van der Waals surface area (Å²) in [5.74, 6) is 0. The van der Waals surface area contributed by atoms with E-state index in [0.717, 1.165) is 16.5 Å². The molecular formula is C11H10N2O. The highest BCUT2D eigenvalue weighted by Crippen LogP contribution is 2.30. The molecule has 2 aromatic heterocycles. The fraction of sp³-hybridized carbons (Fsp3) is 0.273. The molecule has 0 bridgehead atoms. The lowest BCUT2D eigenvalue weighted by Gasteiger charge is -2.12.